The molecular formula is C8H13N3O2S2. The third-order valence-electron chi connectivity index (χ3n) is 1.55. The maximum atomic E-state index is 11.1. The van der Waals surface area contributed by atoms with Gasteiger partial charge < -0.3 is 10.1 Å². The molecule has 0 aromatic carbocycles. The summed E-state index contributed by atoms with van der Waals surface area (Å²) < 4.78 is 5.39. The van der Waals surface area contributed by atoms with Gasteiger partial charge in [0.2, 0.25) is 5.13 Å². The smallest absolute Gasteiger partial charge is 0.318 e. The predicted octanol–water partition coefficient (Wildman–Crippen LogP) is 1.62. The molecule has 1 atom stereocenters. The van der Waals surface area contributed by atoms with Crippen molar-refractivity contribution >= 4 is 34.2 Å². The highest BCUT2D eigenvalue weighted by molar-refractivity contribution is 8.02. The molecule has 1 aromatic rings. The monoisotopic (exact) mass is 247 g/mol. The minimum atomic E-state index is -0.252. The van der Waals surface area contributed by atoms with Crippen LogP contribution in [0.2, 0.25) is 0 Å². The van der Waals surface area contributed by atoms with Gasteiger partial charge in [0, 0.05) is 6.54 Å². The van der Waals surface area contributed by atoms with E-state index in [1.165, 1.54) is 30.2 Å². The van der Waals surface area contributed by atoms with Crippen molar-refractivity contribution in [3.8, 4) is 0 Å². The number of nitrogens with zero attached hydrogens (tertiary/aromatic N) is 2. The number of anilines is 1. The van der Waals surface area contributed by atoms with Gasteiger partial charge in [-0.3, -0.25) is 4.79 Å². The second-order valence-corrected chi connectivity index (χ2v) is 5.25. The molecule has 0 saturated heterocycles. The maximum Gasteiger partial charge on any atom is 0.318 e. The van der Waals surface area contributed by atoms with Crippen LogP contribution in [-0.4, -0.2) is 35.1 Å². The Labute approximate surface area is 96.6 Å². The number of hydrogen-bond acceptors (Lipinski definition) is 7. The van der Waals surface area contributed by atoms with Crippen LogP contribution >= 0.6 is 23.1 Å². The molecule has 7 heteroatoms. The van der Waals surface area contributed by atoms with Crippen molar-refractivity contribution in [2.75, 3.05) is 19.0 Å². The summed E-state index contributed by atoms with van der Waals surface area (Å²) in [6.45, 7) is 4.59. The largest absolute Gasteiger partial charge is 0.468 e. The van der Waals surface area contributed by atoms with Crippen molar-refractivity contribution < 1.29 is 9.53 Å². The van der Waals surface area contributed by atoms with E-state index in [2.05, 4.69) is 20.3 Å². The van der Waals surface area contributed by atoms with Crippen LogP contribution in [0.3, 0.4) is 0 Å². The molecule has 0 saturated carbocycles. The second-order valence-electron chi connectivity index (χ2n) is 2.69. The van der Waals surface area contributed by atoms with Crippen molar-refractivity contribution in [2.24, 2.45) is 0 Å². The molecule has 1 rings (SSSR count). The summed E-state index contributed by atoms with van der Waals surface area (Å²) in [7, 11) is 1.38. The molecule has 0 bridgehead atoms. The first-order valence-corrected chi connectivity index (χ1v) is 6.18. The first kappa shape index (κ1) is 12.3. The number of methoxy groups -OCH3 is 1. The van der Waals surface area contributed by atoms with E-state index in [0.717, 1.165) is 16.0 Å². The van der Waals surface area contributed by atoms with Gasteiger partial charge in [0.1, 0.15) is 5.25 Å². The van der Waals surface area contributed by atoms with E-state index in [0.29, 0.717) is 0 Å². The van der Waals surface area contributed by atoms with Gasteiger partial charge in [0.05, 0.1) is 7.11 Å². The van der Waals surface area contributed by atoms with E-state index >= 15 is 0 Å². The minimum absolute atomic E-state index is 0.250. The molecule has 0 spiro atoms. The van der Waals surface area contributed by atoms with Crippen LogP contribution in [0.15, 0.2) is 4.34 Å². The maximum absolute atomic E-state index is 11.1. The second kappa shape index (κ2) is 5.92. The number of aromatic nitrogens is 2. The molecular weight excluding hydrogens is 234 g/mol. The number of esters is 1. The normalized spacial score (nSPS) is 12.2. The van der Waals surface area contributed by atoms with Crippen molar-refractivity contribution in [1.29, 1.82) is 0 Å². The topological polar surface area (TPSA) is 64.1 Å². The third-order valence-corrected chi connectivity index (χ3v) is 3.59. The molecule has 1 N–H and O–H groups in total. The molecule has 15 heavy (non-hydrogen) atoms. The highest BCUT2D eigenvalue weighted by atomic mass is 32.2. The Morgan fingerprint density at radius 3 is 3.00 bits per heavy atom. The summed E-state index contributed by atoms with van der Waals surface area (Å²) in [4.78, 5) is 11.1. The molecule has 0 aliphatic carbocycles. The Morgan fingerprint density at radius 1 is 1.67 bits per heavy atom. The van der Waals surface area contributed by atoms with Crippen LogP contribution in [0.25, 0.3) is 0 Å². The highest BCUT2D eigenvalue weighted by Gasteiger charge is 2.17. The Hall–Kier alpha value is -0.820. The molecule has 5 nitrogen and oxygen atoms in total. The SMILES string of the molecule is CCNc1nnc(S[C@@H](C)C(=O)OC)s1. The van der Waals surface area contributed by atoms with Gasteiger partial charge in [-0.25, -0.2) is 0 Å². The zero-order chi connectivity index (χ0) is 11.3. The summed E-state index contributed by atoms with van der Waals surface area (Å²) in [5.74, 6) is -0.250. The summed E-state index contributed by atoms with van der Waals surface area (Å²) in [6.07, 6.45) is 0. The van der Waals surface area contributed by atoms with Crippen LogP contribution in [0.4, 0.5) is 5.13 Å². The van der Waals surface area contributed by atoms with Crippen molar-refractivity contribution in [2.45, 2.75) is 23.4 Å². The average molecular weight is 247 g/mol. The van der Waals surface area contributed by atoms with Gasteiger partial charge in [-0.2, -0.15) is 0 Å². The van der Waals surface area contributed by atoms with Gasteiger partial charge in [0.15, 0.2) is 4.34 Å². The highest BCUT2D eigenvalue weighted by Crippen LogP contribution is 2.28. The number of hydrogen-bond donors (Lipinski definition) is 1. The van der Waals surface area contributed by atoms with E-state index in [1.54, 1.807) is 6.92 Å². The lowest BCUT2D eigenvalue weighted by Crippen LogP contribution is -2.14. The average Bonchev–Trinajstić information content (AvgIpc) is 2.65. The van der Waals surface area contributed by atoms with Gasteiger partial charge in [-0.05, 0) is 13.8 Å². The van der Waals surface area contributed by atoms with E-state index < -0.39 is 0 Å². The summed E-state index contributed by atoms with van der Waals surface area (Å²) in [5.41, 5.74) is 0. The van der Waals surface area contributed by atoms with Crippen LogP contribution in [0.1, 0.15) is 13.8 Å². The number of thioether (sulfide) groups is 1. The molecule has 1 heterocycles. The Morgan fingerprint density at radius 2 is 2.40 bits per heavy atom. The van der Waals surface area contributed by atoms with Crippen LogP contribution in [0.5, 0.6) is 0 Å². The number of rotatable bonds is 5. The Bertz CT molecular complexity index is 329. The fourth-order valence-electron chi connectivity index (χ4n) is 0.845. The van der Waals surface area contributed by atoms with Gasteiger partial charge in [0.25, 0.3) is 0 Å². The van der Waals surface area contributed by atoms with E-state index in [-0.39, 0.29) is 11.2 Å². The first-order chi connectivity index (χ1) is 7.17. The number of ether oxygens (including phenoxy) is 1. The molecule has 0 unspecified atom stereocenters. The molecule has 0 aliphatic heterocycles. The lowest BCUT2D eigenvalue weighted by atomic mass is 10.5. The van der Waals surface area contributed by atoms with Crippen LogP contribution in [-0.2, 0) is 9.53 Å². The fourth-order valence-corrected chi connectivity index (χ4v) is 2.84. The first-order valence-electron chi connectivity index (χ1n) is 4.49. The lowest BCUT2D eigenvalue weighted by molar-refractivity contribution is -0.139. The van der Waals surface area contributed by atoms with E-state index in [9.17, 15) is 4.79 Å². The van der Waals surface area contributed by atoms with Crippen molar-refractivity contribution in [3.05, 3.63) is 0 Å². The third kappa shape index (κ3) is 3.67. The van der Waals surface area contributed by atoms with Crippen LogP contribution in [0, 0.1) is 0 Å². The van der Waals surface area contributed by atoms with E-state index in [1.807, 2.05) is 6.92 Å². The summed E-state index contributed by atoms with van der Waals surface area (Å²) in [6, 6.07) is 0. The van der Waals surface area contributed by atoms with Crippen molar-refractivity contribution in [1.82, 2.24) is 10.2 Å². The fraction of sp³-hybridized carbons (Fsp3) is 0.625. The molecule has 0 amide bonds. The Kier molecular flexibility index (Phi) is 4.83. The van der Waals surface area contributed by atoms with Gasteiger partial charge in [-0.15, -0.1) is 10.2 Å². The lowest BCUT2D eigenvalue weighted by Gasteiger charge is -2.04. The summed E-state index contributed by atoms with van der Waals surface area (Å²) in [5, 5.41) is 11.5. The minimum Gasteiger partial charge on any atom is -0.468 e. The summed E-state index contributed by atoms with van der Waals surface area (Å²) >= 11 is 2.79. The molecule has 0 radical (unpaired) electrons. The molecule has 0 fully saturated rings. The number of nitrogens with one attached hydrogen (secondary N) is 1. The van der Waals surface area contributed by atoms with Gasteiger partial charge >= 0.3 is 5.97 Å². The zero-order valence-electron chi connectivity index (χ0n) is 8.81. The molecule has 84 valence electrons. The van der Waals surface area contributed by atoms with E-state index in [4.69, 9.17) is 0 Å². The predicted molar refractivity (Wildman–Crippen MR) is 61.4 cm³/mol. The standard InChI is InChI=1S/C8H13N3O2S2/c1-4-9-7-10-11-8(15-7)14-5(2)6(12)13-3/h5H,4H2,1-3H3,(H,9,10)/t5-/m0/s1. The number of carbonyl (C=O) groups is 1. The molecule has 0 aliphatic rings. The van der Waals surface area contributed by atoms with Crippen molar-refractivity contribution in [3.63, 3.8) is 0 Å². The zero-order valence-corrected chi connectivity index (χ0v) is 10.4. The van der Waals surface area contributed by atoms with Gasteiger partial charge in [-0.1, -0.05) is 23.1 Å². The Balaban J connectivity index is 2.53. The molecule has 1 aromatic heterocycles. The number of carbonyl (C=O) groups excluding carboxylic acids is 1. The van der Waals surface area contributed by atoms with Crippen LogP contribution < -0.4 is 5.32 Å². The quantitative estimate of drug-likeness (QED) is 0.630.